The number of hydrogen-bond acceptors (Lipinski definition) is 4. The van der Waals surface area contributed by atoms with Crippen molar-refractivity contribution in [3.8, 4) is 0 Å². The molecule has 0 saturated heterocycles. The topological polar surface area (TPSA) is 92.2 Å². The van der Waals surface area contributed by atoms with E-state index in [1.807, 2.05) is 36.4 Å². The Bertz CT molecular complexity index is 1170. The molecule has 1 aromatic carbocycles. The lowest BCUT2D eigenvalue weighted by atomic mass is 9.90. The van der Waals surface area contributed by atoms with Gasteiger partial charge in [0, 0.05) is 23.7 Å². The van der Waals surface area contributed by atoms with Gasteiger partial charge in [-0.2, -0.15) is 0 Å². The number of rotatable bonds is 5. The number of pyridine rings is 1. The summed E-state index contributed by atoms with van der Waals surface area (Å²) in [6.45, 7) is 3.04. The molecule has 8 heteroatoms. The summed E-state index contributed by atoms with van der Waals surface area (Å²) in [6, 6.07) is 14.2. The minimum absolute atomic E-state index is 0.0470. The molecule has 0 bridgehead atoms. The second kappa shape index (κ2) is 9.82. The maximum Gasteiger partial charge on any atom is 0.333 e. The number of fused-ring (bicyclic) bond motifs is 1. The van der Waals surface area contributed by atoms with Gasteiger partial charge in [0.05, 0.1) is 11.4 Å². The SMILES string of the molecule is CC1CCc2sc(C(=O)NNC(=O)NCc3ccc(Cn4ccccc4=O)cc3)cc2C1. The van der Waals surface area contributed by atoms with E-state index < -0.39 is 6.03 Å². The van der Waals surface area contributed by atoms with E-state index in [-0.39, 0.29) is 11.5 Å². The van der Waals surface area contributed by atoms with Crippen molar-refractivity contribution in [3.63, 3.8) is 0 Å². The first kappa shape index (κ1) is 21.8. The molecule has 1 atom stereocenters. The van der Waals surface area contributed by atoms with E-state index in [0.717, 1.165) is 30.4 Å². The molecule has 166 valence electrons. The summed E-state index contributed by atoms with van der Waals surface area (Å²) in [5, 5.41) is 2.72. The van der Waals surface area contributed by atoms with Gasteiger partial charge in [-0.25, -0.2) is 10.2 Å². The third kappa shape index (κ3) is 5.45. The van der Waals surface area contributed by atoms with Crippen LogP contribution >= 0.6 is 11.3 Å². The van der Waals surface area contributed by atoms with Crippen molar-refractivity contribution in [1.82, 2.24) is 20.7 Å². The van der Waals surface area contributed by atoms with Crippen molar-refractivity contribution < 1.29 is 9.59 Å². The Morgan fingerprint density at radius 2 is 1.88 bits per heavy atom. The van der Waals surface area contributed by atoms with Crippen LogP contribution in [0.1, 0.15) is 44.6 Å². The number of thiophene rings is 1. The third-order valence-electron chi connectivity index (χ3n) is 5.57. The predicted octanol–water partition coefficient (Wildman–Crippen LogP) is 3.23. The highest BCUT2D eigenvalue weighted by molar-refractivity contribution is 7.14. The first-order valence-electron chi connectivity index (χ1n) is 10.7. The Balaban J connectivity index is 1.23. The van der Waals surface area contributed by atoms with E-state index in [1.165, 1.54) is 27.8 Å². The van der Waals surface area contributed by atoms with Gasteiger partial charge in [0.25, 0.3) is 11.5 Å². The van der Waals surface area contributed by atoms with Gasteiger partial charge in [-0.1, -0.05) is 37.3 Å². The Hall–Kier alpha value is -3.39. The second-order valence-corrected chi connectivity index (χ2v) is 9.29. The van der Waals surface area contributed by atoms with Gasteiger partial charge >= 0.3 is 6.03 Å². The normalized spacial score (nSPS) is 15.0. The third-order valence-corrected chi connectivity index (χ3v) is 6.81. The molecule has 7 nitrogen and oxygen atoms in total. The number of carbonyl (C=O) groups is 2. The van der Waals surface area contributed by atoms with Crippen molar-refractivity contribution in [1.29, 1.82) is 0 Å². The zero-order valence-electron chi connectivity index (χ0n) is 17.9. The van der Waals surface area contributed by atoms with E-state index >= 15 is 0 Å². The molecule has 2 heterocycles. The van der Waals surface area contributed by atoms with Crippen LogP contribution in [0.2, 0.25) is 0 Å². The minimum atomic E-state index is -0.479. The summed E-state index contributed by atoms with van der Waals surface area (Å²) < 4.78 is 1.63. The van der Waals surface area contributed by atoms with Crippen LogP contribution in [0.15, 0.2) is 59.5 Å². The van der Waals surface area contributed by atoms with Gasteiger partial charge in [-0.3, -0.25) is 15.0 Å². The standard InChI is InChI=1S/C24H26N4O3S/c1-16-5-10-20-19(12-16)13-21(32-20)23(30)26-27-24(31)25-14-17-6-8-18(9-7-17)15-28-11-3-2-4-22(28)29/h2-4,6-9,11,13,16H,5,10,12,14-15H2,1H3,(H,26,30)(H2,25,27,31). The van der Waals surface area contributed by atoms with Crippen molar-refractivity contribution >= 4 is 23.3 Å². The molecule has 0 radical (unpaired) electrons. The Kier molecular flexibility index (Phi) is 6.70. The summed E-state index contributed by atoms with van der Waals surface area (Å²) in [6.07, 6.45) is 4.93. The van der Waals surface area contributed by atoms with Crippen LogP contribution < -0.4 is 21.7 Å². The molecule has 2 aromatic heterocycles. The Labute approximate surface area is 190 Å². The van der Waals surface area contributed by atoms with Crippen LogP contribution in [0.3, 0.4) is 0 Å². The average molecular weight is 451 g/mol. The van der Waals surface area contributed by atoms with Gasteiger partial charge in [-0.15, -0.1) is 11.3 Å². The summed E-state index contributed by atoms with van der Waals surface area (Å²) in [5.74, 6) is 0.347. The van der Waals surface area contributed by atoms with E-state index in [2.05, 4.69) is 23.1 Å². The van der Waals surface area contributed by atoms with Crippen molar-refractivity contribution in [2.24, 2.45) is 5.92 Å². The maximum atomic E-state index is 12.4. The first-order chi connectivity index (χ1) is 15.5. The number of hydrogen-bond donors (Lipinski definition) is 3. The number of nitrogens with one attached hydrogen (secondary N) is 3. The predicted molar refractivity (Wildman–Crippen MR) is 125 cm³/mol. The average Bonchev–Trinajstić information content (AvgIpc) is 3.22. The van der Waals surface area contributed by atoms with E-state index in [1.54, 1.807) is 16.8 Å². The number of hydrazine groups is 1. The summed E-state index contributed by atoms with van der Waals surface area (Å²) >= 11 is 1.50. The Morgan fingerprint density at radius 3 is 2.66 bits per heavy atom. The molecule has 0 fully saturated rings. The van der Waals surface area contributed by atoms with Crippen LogP contribution in [0.5, 0.6) is 0 Å². The number of urea groups is 1. The smallest absolute Gasteiger partial charge is 0.333 e. The van der Waals surface area contributed by atoms with Crippen molar-refractivity contribution in [2.45, 2.75) is 39.3 Å². The zero-order valence-corrected chi connectivity index (χ0v) is 18.7. The quantitative estimate of drug-likeness (QED) is 0.521. The molecular formula is C24H26N4O3S. The summed E-state index contributed by atoms with van der Waals surface area (Å²) in [4.78, 5) is 38.1. The molecule has 3 amide bonds. The largest absolute Gasteiger partial charge is 0.333 e. The maximum absolute atomic E-state index is 12.4. The van der Waals surface area contributed by atoms with E-state index in [4.69, 9.17) is 0 Å². The van der Waals surface area contributed by atoms with Gasteiger partial charge in [0.2, 0.25) is 0 Å². The summed E-state index contributed by atoms with van der Waals surface area (Å²) in [7, 11) is 0. The fourth-order valence-corrected chi connectivity index (χ4v) is 4.87. The van der Waals surface area contributed by atoms with Gasteiger partial charge in [0.15, 0.2) is 0 Å². The molecule has 0 saturated carbocycles. The molecule has 32 heavy (non-hydrogen) atoms. The highest BCUT2D eigenvalue weighted by Crippen LogP contribution is 2.32. The molecule has 0 spiro atoms. The number of amides is 3. The molecule has 4 rings (SSSR count). The van der Waals surface area contributed by atoms with E-state index in [9.17, 15) is 14.4 Å². The lowest BCUT2D eigenvalue weighted by molar-refractivity contribution is 0.0940. The Morgan fingerprint density at radius 1 is 1.09 bits per heavy atom. The zero-order chi connectivity index (χ0) is 22.5. The van der Waals surface area contributed by atoms with Crippen LogP contribution in [-0.2, 0) is 25.9 Å². The molecule has 1 aliphatic carbocycles. The van der Waals surface area contributed by atoms with Crippen molar-refractivity contribution in [2.75, 3.05) is 0 Å². The second-order valence-electron chi connectivity index (χ2n) is 8.15. The van der Waals surface area contributed by atoms with Gasteiger partial charge in [-0.05, 0) is 54.0 Å². The fraction of sp³-hybridized carbons (Fsp3) is 0.292. The summed E-state index contributed by atoms with van der Waals surface area (Å²) in [5.41, 5.74) is 8.00. The number of carbonyl (C=O) groups excluding carboxylic acids is 2. The lowest BCUT2D eigenvalue weighted by Crippen LogP contribution is -2.46. The van der Waals surface area contributed by atoms with Crippen LogP contribution in [0, 0.1) is 5.92 Å². The van der Waals surface area contributed by atoms with Crippen LogP contribution in [-0.4, -0.2) is 16.5 Å². The number of aryl methyl sites for hydroxylation is 1. The molecule has 3 N–H and O–H groups in total. The van der Waals surface area contributed by atoms with Crippen LogP contribution in [0.4, 0.5) is 4.79 Å². The monoisotopic (exact) mass is 450 g/mol. The molecular weight excluding hydrogens is 424 g/mol. The number of aromatic nitrogens is 1. The highest BCUT2D eigenvalue weighted by atomic mass is 32.1. The molecule has 0 aliphatic heterocycles. The highest BCUT2D eigenvalue weighted by Gasteiger charge is 2.20. The molecule has 1 aliphatic rings. The first-order valence-corrected chi connectivity index (χ1v) is 11.5. The van der Waals surface area contributed by atoms with E-state index in [0.29, 0.717) is 23.9 Å². The minimum Gasteiger partial charge on any atom is -0.333 e. The van der Waals surface area contributed by atoms with Gasteiger partial charge in [0.1, 0.15) is 0 Å². The molecule has 3 aromatic rings. The lowest BCUT2D eigenvalue weighted by Gasteiger charge is -2.16. The van der Waals surface area contributed by atoms with Crippen molar-refractivity contribution in [3.05, 3.63) is 91.5 Å². The fourth-order valence-electron chi connectivity index (χ4n) is 3.77. The van der Waals surface area contributed by atoms with Crippen LogP contribution in [0.25, 0.3) is 0 Å². The van der Waals surface area contributed by atoms with Gasteiger partial charge < -0.3 is 9.88 Å². The molecule has 1 unspecified atom stereocenters. The number of nitrogens with zero attached hydrogens (tertiary/aromatic N) is 1. The number of benzene rings is 1.